The van der Waals surface area contributed by atoms with Gasteiger partial charge >= 0.3 is 0 Å². The van der Waals surface area contributed by atoms with Crippen LogP contribution in [-0.4, -0.2) is 5.11 Å². The molecule has 0 unspecified atom stereocenters. The van der Waals surface area contributed by atoms with E-state index in [0.29, 0.717) is 0 Å². The van der Waals surface area contributed by atoms with Crippen LogP contribution < -0.4 is 0 Å². The Bertz CT molecular complexity index is 2090. The molecule has 0 spiro atoms. The van der Waals surface area contributed by atoms with Crippen LogP contribution in [0.15, 0.2) is 136 Å². The summed E-state index contributed by atoms with van der Waals surface area (Å²) in [6.45, 7) is 0. The van der Waals surface area contributed by atoms with E-state index in [0.717, 1.165) is 59.0 Å². The van der Waals surface area contributed by atoms with Gasteiger partial charge in [-0.25, -0.2) is 0 Å². The van der Waals surface area contributed by atoms with Gasteiger partial charge in [-0.3, -0.25) is 0 Å². The SMILES string of the molecule is OC1(c2ccccc2-c2cccc3sc4ccccc4c23)c2cc(Br)ccc2-c2ccccc2-c2ccc(Br)cc21. The second-order valence-corrected chi connectivity index (χ2v) is 13.4. The van der Waals surface area contributed by atoms with Gasteiger partial charge in [-0.1, -0.05) is 123 Å². The molecule has 0 atom stereocenters. The van der Waals surface area contributed by atoms with Gasteiger partial charge in [0.25, 0.3) is 0 Å². The molecule has 1 heterocycles. The summed E-state index contributed by atoms with van der Waals surface area (Å²) >= 11 is 9.28. The van der Waals surface area contributed by atoms with Crippen molar-refractivity contribution in [3.05, 3.63) is 153 Å². The Labute approximate surface area is 259 Å². The van der Waals surface area contributed by atoms with E-state index in [-0.39, 0.29) is 0 Å². The Kier molecular flexibility index (Phi) is 5.84. The molecule has 1 aliphatic carbocycles. The van der Waals surface area contributed by atoms with Gasteiger partial charge in [-0.2, -0.15) is 0 Å². The molecule has 6 aromatic carbocycles. The number of rotatable bonds is 2. The van der Waals surface area contributed by atoms with Crippen LogP contribution in [0.2, 0.25) is 0 Å². The van der Waals surface area contributed by atoms with Gasteiger partial charge in [-0.05, 0) is 69.8 Å². The minimum atomic E-state index is -1.44. The maximum absolute atomic E-state index is 13.5. The van der Waals surface area contributed by atoms with Gasteiger partial charge < -0.3 is 5.11 Å². The predicted octanol–water partition coefficient (Wildman–Crippen LogP) is 11.2. The second-order valence-electron chi connectivity index (χ2n) is 10.5. The van der Waals surface area contributed by atoms with E-state index in [4.69, 9.17) is 0 Å². The summed E-state index contributed by atoms with van der Waals surface area (Å²) < 4.78 is 4.35. The molecule has 7 aromatic rings. The van der Waals surface area contributed by atoms with Crippen molar-refractivity contribution in [3.8, 4) is 33.4 Å². The van der Waals surface area contributed by atoms with Gasteiger partial charge in [0.2, 0.25) is 0 Å². The first-order chi connectivity index (χ1) is 20.0. The molecular formula is C37H22Br2OS. The van der Waals surface area contributed by atoms with E-state index in [9.17, 15) is 5.11 Å². The van der Waals surface area contributed by atoms with Crippen LogP contribution in [0.5, 0.6) is 0 Å². The number of hydrogen-bond donors (Lipinski definition) is 1. The molecular weight excluding hydrogens is 652 g/mol. The van der Waals surface area contributed by atoms with E-state index in [2.05, 4.69) is 153 Å². The van der Waals surface area contributed by atoms with Gasteiger partial charge in [0.1, 0.15) is 5.60 Å². The quantitative estimate of drug-likeness (QED) is 0.194. The number of aliphatic hydroxyl groups is 1. The minimum absolute atomic E-state index is 0.853. The highest BCUT2D eigenvalue weighted by molar-refractivity contribution is 9.10. The van der Waals surface area contributed by atoms with E-state index in [1.165, 1.54) is 20.2 Å². The third kappa shape index (κ3) is 3.75. The average molecular weight is 674 g/mol. The van der Waals surface area contributed by atoms with Gasteiger partial charge in [0.15, 0.2) is 0 Å². The smallest absolute Gasteiger partial charge is 0.142 e. The van der Waals surface area contributed by atoms with Crippen molar-refractivity contribution in [2.75, 3.05) is 0 Å². The first kappa shape index (κ1) is 25.2. The first-order valence-electron chi connectivity index (χ1n) is 13.5. The predicted molar refractivity (Wildman–Crippen MR) is 180 cm³/mol. The summed E-state index contributed by atoms with van der Waals surface area (Å²) in [5.41, 5.74) is 7.52. The lowest BCUT2D eigenvalue weighted by atomic mass is 9.75. The van der Waals surface area contributed by atoms with Gasteiger partial charge in [0, 0.05) is 45.8 Å². The molecule has 8 rings (SSSR count). The van der Waals surface area contributed by atoms with Crippen LogP contribution in [0, 0.1) is 0 Å². The summed E-state index contributed by atoms with van der Waals surface area (Å²) in [6, 6.07) is 44.5. The molecule has 0 aliphatic heterocycles. The molecule has 4 heteroatoms. The number of fused-ring (bicyclic) bond motifs is 8. The van der Waals surface area contributed by atoms with Crippen LogP contribution in [0.25, 0.3) is 53.6 Å². The summed E-state index contributed by atoms with van der Waals surface area (Å²) in [6.07, 6.45) is 0. The average Bonchev–Trinajstić information content (AvgIpc) is 3.36. The third-order valence-electron chi connectivity index (χ3n) is 8.26. The van der Waals surface area contributed by atoms with Crippen LogP contribution in [0.4, 0.5) is 0 Å². The Morgan fingerprint density at radius 2 is 0.976 bits per heavy atom. The van der Waals surface area contributed by atoms with Crippen LogP contribution >= 0.6 is 43.2 Å². The Morgan fingerprint density at radius 1 is 0.463 bits per heavy atom. The first-order valence-corrected chi connectivity index (χ1v) is 15.9. The zero-order valence-corrected chi connectivity index (χ0v) is 25.7. The largest absolute Gasteiger partial charge is 0.376 e. The molecule has 1 aliphatic rings. The fraction of sp³-hybridized carbons (Fsp3) is 0.0270. The summed E-state index contributed by atoms with van der Waals surface area (Å²) in [5, 5.41) is 16.0. The summed E-state index contributed by atoms with van der Waals surface area (Å²) in [4.78, 5) is 0. The minimum Gasteiger partial charge on any atom is -0.376 e. The molecule has 41 heavy (non-hydrogen) atoms. The highest BCUT2D eigenvalue weighted by Crippen LogP contribution is 2.53. The third-order valence-corrected chi connectivity index (χ3v) is 10.4. The van der Waals surface area contributed by atoms with Gasteiger partial charge in [-0.15, -0.1) is 11.3 Å². The fourth-order valence-electron chi connectivity index (χ4n) is 6.52. The molecule has 1 nitrogen and oxygen atoms in total. The zero-order valence-electron chi connectivity index (χ0n) is 21.7. The zero-order chi connectivity index (χ0) is 27.7. The molecule has 1 N–H and O–H groups in total. The molecule has 0 radical (unpaired) electrons. The Hall–Kier alpha value is -3.54. The number of benzene rings is 6. The number of hydrogen-bond acceptors (Lipinski definition) is 2. The van der Waals surface area contributed by atoms with Crippen LogP contribution in [-0.2, 0) is 5.60 Å². The van der Waals surface area contributed by atoms with Crippen LogP contribution in [0.1, 0.15) is 16.7 Å². The van der Waals surface area contributed by atoms with Crippen molar-refractivity contribution < 1.29 is 5.11 Å². The summed E-state index contributed by atoms with van der Waals surface area (Å²) in [5.74, 6) is 0. The highest BCUT2D eigenvalue weighted by Gasteiger charge is 2.42. The Balaban J connectivity index is 1.53. The number of halogens is 2. The maximum Gasteiger partial charge on any atom is 0.142 e. The lowest BCUT2D eigenvalue weighted by Crippen LogP contribution is -2.30. The molecule has 1 aromatic heterocycles. The maximum atomic E-state index is 13.5. The molecule has 196 valence electrons. The molecule has 0 saturated heterocycles. The number of thiophene rings is 1. The Morgan fingerprint density at radius 3 is 1.66 bits per heavy atom. The van der Waals surface area contributed by atoms with E-state index < -0.39 is 5.60 Å². The molecule has 0 bridgehead atoms. The van der Waals surface area contributed by atoms with Crippen molar-refractivity contribution in [3.63, 3.8) is 0 Å². The monoisotopic (exact) mass is 672 g/mol. The standard InChI is InChI=1S/C37H22Br2OS/c38-22-16-18-27-24-8-1-2-9-25(24)28-19-17-23(39)21-33(28)37(40,32(27)20-22)31-13-5-3-10-26(31)29-12-7-15-35-36(29)30-11-4-6-14-34(30)41-35/h1-21,40H. The summed E-state index contributed by atoms with van der Waals surface area (Å²) in [7, 11) is 0. The lowest BCUT2D eigenvalue weighted by molar-refractivity contribution is 0.127. The fourth-order valence-corrected chi connectivity index (χ4v) is 8.38. The van der Waals surface area contributed by atoms with Crippen molar-refractivity contribution in [2.45, 2.75) is 5.60 Å². The highest BCUT2D eigenvalue weighted by atomic mass is 79.9. The second kappa shape index (κ2) is 9.50. The van der Waals surface area contributed by atoms with Gasteiger partial charge in [0.05, 0.1) is 0 Å². The van der Waals surface area contributed by atoms with Crippen LogP contribution in [0.3, 0.4) is 0 Å². The van der Waals surface area contributed by atoms with E-state index >= 15 is 0 Å². The van der Waals surface area contributed by atoms with Crippen molar-refractivity contribution >= 4 is 63.4 Å². The normalized spacial score (nSPS) is 13.4. The lowest BCUT2D eigenvalue weighted by Gasteiger charge is -2.34. The van der Waals surface area contributed by atoms with Crippen molar-refractivity contribution in [1.82, 2.24) is 0 Å². The molecule has 0 amide bonds. The molecule has 0 fully saturated rings. The topological polar surface area (TPSA) is 20.2 Å². The van der Waals surface area contributed by atoms with Crippen molar-refractivity contribution in [1.29, 1.82) is 0 Å². The van der Waals surface area contributed by atoms with E-state index in [1.54, 1.807) is 0 Å². The molecule has 0 saturated carbocycles. The van der Waals surface area contributed by atoms with E-state index in [1.807, 2.05) is 17.4 Å². The van der Waals surface area contributed by atoms with Crippen molar-refractivity contribution in [2.24, 2.45) is 0 Å².